The maximum atomic E-state index is 12.5. The van der Waals surface area contributed by atoms with Crippen LogP contribution in [0.25, 0.3) is 0 Å². The van der Waals surface area contributed by atoms with E-state index in [1.807, 2.05) is 0 Å². The maximum absolute atomic E-state index is 12.5. The molecule has 66 valence electrons. The minimum atomic E-state index is -0.269. The van der Waals surface area contributed by atoms with Gasteiger partial charge >= 0.3 is 0 Å². The molecule has 1 aromatic rings. The van der Waals surface area contributed by atoms with E-state index in [9.17, 15) is 4.39 Å². The van der Waals surface area contributed by atoms with Crippen LogP contribution in [-0.4, -0.2) is 4.98 Å². The van der Waals surface area contributed by atoms with E-state index in [1.165, 1.54) is 12.3 Å². The van der Waals surface area contributed by atoms with Crippen LogP contribution in [-0.2, 0) is 0 Å². The quantitative estimate of drug-likeness (QED) is 0.659. The van der Waals surface area contributed by atoms with Crippen molar-refractivity contribution in [3.8, 4) is 0 Å². The molecule has 0 bridgehead atoms. The number of nitrogens with zero attached hydrogens (tertiary/aromatic N) is 1. The first-order valence-corrected chi connectivity index (χ1v) is 4.22. The van der Waals surface area contributed by atoms with Gasteiger partial charge in [-0.05, 0) is 18.1 Å². The van der Waals surface area contributed by atoms with Crippen LogP contribution in [0.4, 0.5) is 4.39 Å². The highest BCUT2D eigenvalue weighted by atomic mass is 19.1. The van der Waals surface area contributed by atoms with Gasteiger partial charge in [0.15, 0.2) is 0 Å². The lowest BCUT2D eigenvalue weighted by Crippen LogP contribution is -2.04. The number of halogens is 1. The van der Waals surface area contributed by atoms with Gasteiger partial charge in [0.2, 0.25) is 0 Å². The highest BCUT2D eigenvalue weighted by Crippen LogP contribution is 2.21. The second kappa shape index (κ2) is 3.65. The Morgan fingerprint density at radius 3 is 2.33 bits per heavy atom. The van der Waals surface area contributed by atoms with Gasteiger partial charge in [-0.3, -0.25) is 4.98 Å². The zero-order valence-corrected chi connectivity index (χ0v) is 7.71. The maximum Gasteiger partial charge on any atom is 0.141 e. The fraction of sp³-hybridized carbons (Fsp3) is 0.500. The van der Waals surface area contributed by atoms with Crippen LogP contribution in [0.1, 0.15) is 32.4 Å². The van der Waals surface area contributed by atoms with E-state index in [4.69, 9.17) is 0 Å². The molecule has 0 aliphatic carbocycles. The molecular weight excluding hydrogens is 153 g/mol. The predicted molar refractivity (Wildman–Crippen MR) is 47.4 cm³/mol. The summed E-state index contributed by atoms with van der Waals surface area (Å²) in [6, 6.07) is 3.21. The third kappa shape index (κ3) is 2.03. The lowest BCUT2D eigenvalue weighted by Gasteiger charge is -2.13. The summed E-state index contributed by atoms with van der Waals surface area (Å²) in [4.78, 5) is 4.02. The molecule has 0 saturated carbocycles. The van der Waals surface area contributed by atoms with Crippen molar-refractivity contribution in [3.05, 3.63) is 29.8 Å². The molecule has 0 aliphatic heterocycles. The summed E-state index contributed by atoms with van der Waals surface area (Å²) in [6.45, 7) is 6.37. The molecule has 0 spiro atoms. The molecule has 0 fully saturated rings. The molecular formula is C10H14FN. The number of hydrogen-bond acceptors (Lipinski definition) is 1. The Kier molecular flexibility index (Phi) is 2.79. The first-order valence-electron chi connectivity index (χ1n) is 4.22. The normalized spacial score (nSPS) is 13.4. The second-order valence-corrected chi connectivity index (χ2v) is 3.43. The first-order chi connectivity index (χ1) is 5.61. The highest BCUT2D eigenvalue weighted by Gasteiger charge is 2.10. The van der Waals surface area contributed by atoms with Crippen LogP contribution in [0.15, 0.2) is 18.3 Å². The topological polar surface area (TPSA) is 12.9 Å². The van der Waals surface area contributed by atoms with Crippen LogP contribution in [0.3, 0.4) is 0 Å². The van der Waals surface area contributed by atoms with Crippen molar-refractivity contribution in [3.63, 3.8) is 0 Å². The SMILES string of the molecule is CC(C)C(C)c1ccc(F)cn1. The number of hydrogen-bond donors (Lipinski definition) is 0. The van der Waals surface area contributed by atoms with Gasteiger partial charge in [0, 0.05) is 11.6 Å². The van der Waals surface area contributed by atoms with Crippen LogP contribution in [0, 0.1) is 11.7 Å². The summed E-state index contributed by atoms with van der Waals surface area (Å²) >= 11 is 0. The molecule has 12 heavy (non-hydrogen) atoms. The fourth-order valence-corrected chi connectivity index (χ4v) is 0.998. The number of rotatable bonds is 2. The van der Waals surface area contributed by atoms with Crippen molar-refractivity contribution in [2.24, 2.45) is 5.92 Å². The number of aromatic nitrogens is 1. The Labute approximate surface area is 72.6 Å². The van der Waals surface area contributed by atoms with E-state index < -0.39 is 0 Å². The van der Waals surface area contributed by atoms with Gasteiger partial charge in [-0.1, -0.05) is 20.8 Å². The van der Waals surface area contributed by atoms with Crippen molar-refractivity contribution >= 4 is 0 Å². The standard InChI is InChI=1S/C10H14FN/c1-7(2)8(3)10-5-4-9(11)6-12-10/h4-8H,1-3H3. The second-order valence-electron chi connectivity index (χ2n) is 3.43. The lowest BCUT2D eigenvalue weighted by atomic mass is 9.94. The molecule has 1 nitrogen and oxygen atoms in total. The monoisotopic (exact) mass is 167 g/mol. The molecule has 2 heteroatoms. The van der Waals surface area contributed by atoms with Crippen LogP contribution in [0.5, 0.6) is 0 Å². The van der Waals surface area contributed by atoms with Gasteiger partial charge in [-0.2, -0.15) is 0 Å². The van der Waals surface area contributed by atoms with Crippen molar-refractivity contribution in [2.45, 2.75) is 26.7 Å². The average molecular weight is 167 g/mol. The summed E-state index contributed by atoms with van der Waals surface area (Å²) in [5.74, 6) is 0.670. The molecule has 0 amide bonds. The molecule has 0 radical (unpaired) electrons. The molecule has 0 aliphatic rings. The van der Waals surface area contributed by atoms with E-state index in [-0.39, 0.29) is 5.82 Å². The molecule has 0 aromatic carbocycles. The summed E-state index contributed by atoms with van der Waals surface area (Å²) in [7, 11) is 0. The van der Waals surface area contributed by atoms with Gasteiger partial charge in [-0.15, -0.1) is 0 Å². The van der Waals surface area contributed by atoms with Gasteiger partial charge in [0.1, 0.15) is 5.82 Å². The van der Waals surface area contributed by atoms with Crippen molar-refractivity contribution in [1.29, 1.82) is 0 Å². The van der Waals surface area contributed by atoms with Crippen molar-refractivity contribution < 1.29 is 4.39 Å². The van der Waals surface area contributed by atoms with Gasteiger partial charge < -0.3 is 0 Å². The molecule has 1 unspecified atom stereocenters. The van der Waals surface area contributed by atoms with Crippen molar-refractivity contribution in [2.75, 3.05) is 0 Å². The summed E-state index contributed by atoms with van der Waals surface area (Å²) in [5.41, 5.74) is 0.964. The Morgan fingerprint density at radius 2 is 1.92 bits per heavy atom. The molecule has 1 atom stereocenters. The van der Waals surface area contributed by atoms with Gasteiger partial charge in [0.05, 0.1) is 6.20 Å². The Morgan fingerprint density at radius 1 is 1.25 bits per heavy atom. The van der Waals surface area contributed by atoms with E-state index in [1.54, 1.807) is 6.07 Å². The summed E-state index contributed by atoms with van der Waals surface area (Å²) < 4.78 is 12.5. The minimum absolute atomic E-state index is 0.269. The molecule has 1 rings (SSSR count). The number of pyridine rings is 1. The summed E-state index contributed by atoms with van der Waals surface area (Å²) in [5, 5.41) is 0. The third-order valence-electron chi connectivity index (χ3n) is 2.22. The predicted octanol–water partition coefficient (Wildman–Crippen LogP) is 2.98. The molecule has 1 aromatic heterocycles. The zero-order chi connectivity index (χ0) is 9.14. The van der Waals surface area contributed by atoms with Gasteiger partial charge in [-0.25, -0.2) is 4.39 Å². The van der Waals surface area contributed by atoms with Crippen LogP contribution >= 0.6 is 0 Å². The fourth-order valence-electron chi connectivity index (χ4n) is 0.998. The Bertz CT molecular complexity index is 241. The van der Waals surface area contributed by atoms with Gasteiger partial charge in [0.25, 0.3) is 0 Å². The zero-order valence-electron chi connectivity index (χ0n) is 7.71. The van der Waals surface area contributed by atoms with Crippen molar-refractivity contribution in [1.82, 2.24) is 4.98 Å². The van der Waals surface area contributed by atoms with E-state index in [0.717, 1.165) is 5.69 Å². The first kappa shape index (κ1) is 9.17. The van der Waals surface area contributed by atoms with Crippen LogP contribution in [0.2, 0.25) is 0 Å². The lowest BCUT2D eigenvalue weighted by molar-refractivity contribution is 0.520. The molecule has 0 saturated heterocycles. The van der Waals surface area contributed by atoms with E-state index in [2.05, 4.69) is 25.8 Å². The summed E-state index contributed by atoms with van der Waals surface area (Å²) in [6.07, 6.45) is 1.27. The Hall–Kier alpha value is -0.920. The van der Waals surface area contributed by atoms with E-state index >= 15 is 0 Å². The highest BCUT2D eigenvalue weighted by molar-refractivity contribution is 5.10. The van der Waals surface area contributed by atoms with E-state index in [0.29, 0.717) is 11.8 Å². The molecule has 1 heterocycles. The Balaban J connectivity index is 2.82. The largest absolute Gasteiger partial charge is 0.258 e. The minimum Gasteiger partial charge on any atom is -0.258 e. The average Bonchev–Trinajstić information content (AvgIpc) is 2.04. The molecule has 0 N–H and O–H groups in total. The van der Waals surface area contributed by atoms with Crippen LogP contribution < -0.4 is 0 Å². The third-order valence-corrected chi connectivity index (χ3v) is 2.22. The smallest absolute Gasteiger partial charge is 0.141 e.